The Labute approximate surface area is 71.3 Å². The third-order valence-electron chi connectivity index (χ3n) is 1.24. The Hall–Kier alpha value is -1.02. The molecule has 0 aliphatic carbocycles. The van der Waals surface area contributed by atoms with Crippen molar-refractivity contribution in [1.29, 1.82) is 0 Å². The van der Waals surface area contributed by atoms with Crippen molar-refractivity contribution in [2.24, 2.45) is 5.73 Å². The number of allylic oxidation sites excluding steroid dienone is 3. The Morgan fingerprint density at radius 2 is 2.27 bits per heavy atom. The Bertz CT molecular complexity index is 229. The molecule has 0 radical (unpaired) electrons. The summed E-state index contributed by atoms with van der Waals surface area (Å²) >= 11 is 0. The molecular weight excluding hydrogens is 164 g/mol. The van der Waals surface area contributed by atoms with Gasteiger partial charge >= 0.3 is 0 Å². The van der Waals surface area contributed by atoms with Crippen molar-refractivity contribution in [1.82, 2.24) is 4.90 Å². The van der Waals surface area contributed by atoms with Gasteiger partial charge < -0.3 is 10.6 Å². The molecule has 0 aromatic heterocycles. The van der Waals surface area contributed by atoms with Crippen LogP contribution in [0.3, 0.4) is 0 Å². The molecule has 0 aromatic carbocycles. The molecule has 2 N–H and O–H groups in total. The highest BCUT2D eigenvalue weighted by Gasteiger charge is 2.03. The van der Waals surface area contributed by atoms with Gasteiger partial charge in [-0.05, 0) is 12.2 Å². The zero-order chi connectivity index (χ0) is 7.40. The predicted octanol–water partition coefficient (Wildman–Crippen LogP) is 0.425. The van der Waals surface area contributed by atoms with Crippen molar-refractivity contribution in [3.8, 4) is 0 Å². The van der Waals surface area contributed by atoms with E-state index >= 15 is 0 Å². The Balaban J connectivity index is 0.000001000. The van der Waals surface area contributed by atoms with Gasteiger partial charge in [-0.25, -0.2) is 4.79 Å². The lowest BCUT2D eigenvalue weighted by atomic mass is 10.3. The molecule has 60 valence electrons. The number of halogens is 1. The van der Waals surface area contributed by atoms with Crippen molar-refractivity contribution in [3.05, 3.63) is 30.1 Å². The molecule has 0 fully saturated rings. The lowest BCUT2D eigenvalue weighted by molar-refractivity contribution is 0.485. The van der Waals surface area contributed by atoms with Crippen molar-refractivity contribution >= 4 is 18.3 Å². The highest BCUT2D eigenvalue weighted by Crippen LogP contribution is 2.05. The standard InChI is InChI=1S/C7H8N2O.ClH/c8-6-9-4-2-1-3-7(9)5-10;/h1-4H,6,8H2;1H. The second kappa shape index (κ2) is 4.74. The number of nitrogens with zero attached hydrogens (tertiary/aromatic N) is 1. The van der Waals surface area contributed by atoms with Crippen LogP contribution in [0.1, 0.15) is 0 Å². The van der Waals surface area contributed by atoms with Crippen LogP contribution in [0.15, 0.2) is 30.1 Å². The summed E-state index contributed by atoms with van der Waals surface area (Å²) in [5.41, 5.74) is 5.79. The summed E-state index contributed by atoms with van der Waals surface area (Å²) in [7, 11) is 0. The van der Waals surface area contributed by atoms with Crippen LogP contribution in [-0.4, -0.2) is 17.5 Å². The van der Waals surface area contributed by atoms with E-state index in [1.54, 1.807) is 29.2 Å². The van der Waals surface area contributed by atoms with Crippen molar-refractivity contribution in [2.75, 3.05) is 6.67 Å². The van der Waals surface area contributed by atoms with Gasteiger partial charge in [0.15, 0.2) is 5.94 Å². The molecule has 1 aliphatic rings. The van der Waals surface area contributed by atoms with Crippen LogP contribution >= 0.6 is 12.4 Å². The van der Waals surface area contributed by atoms with Crippen LogP contribution < -0.4 is 5.73 Å². The molecule has 3 nitrogen and oxygen atoms in total. The van der Waals surface area contributed by atoms with Crippen LogP contribution in [0.4, 0.5) is 0 Å². The minimum atomic E-state index is 0. The van der Waals surface area contributed by atoms with E-state index in [0.717, 1.165) is 0 Å². The first-order valence-electron chi connectivity index (χ1n) is 2.95. The van der Waals surface area contributed by atoms with E-state index in [-0.39, 0.29) is 12.4 Å². The normalized spacial score (nSPS) is 14.3. The average Bonchev–Trinajstić information content (AvgIpc) is 2.04. The smallest absolute Gasteiger partial charge is 0.150 e. The van der Waals surface area contributed by atoms with Gasteiger partial charge in [0.1, 0.15) is 5.70 Å². The molecule has 1 aliphatic heterocycles. The molecule has 1 rings (SSSR count). The summed E-state index contributed by atoms with van der Waals surface area (Å²) in [6.45, 7) is 0.311. The molecule has 11 heavy (non-hydrogen) atoms. The van der Waals surface area contributed by atoms with Gasteiger partial charge in [-0.2, -0.15) is 0 Å². The number of rotatable bonds is 1. The topological polar surface area (TPSA) is 46.3 Å². The Kier molecular flexibility index (Phi) is 4.30. The van der Waals surface area contributed by atoms with E-state index in [1.165, 1.54) is 0 Å². The summed E-state index contributed by atoms with van der Waals surface area (Å²) in [6.07, 6.45) is 6.99. The zero-order valence-electron chi connectivity index (χ0n) is 5.86. The fraction of sp³-hybridized carbons (Fsp3) is 0.143. The third kappa shape index (κ3) is 2.24. The Morgan fingerprint density at radius 1 is 1.55 bits per heavy atom. The van der Waals surface area contributed by atoms with Crippen LogP contribution in [0.2, 0.25) is 0 Å². The molecule has 0 aromatic rings. The summed E-state index contributed by atoms with van der Waals surface area (Å²) in [6, 6.07) is 0. The quantitative estimate of drug-likeness (QED) is 0.584. The molecule has 0 bridgehead atoms. The van der Waals surface area contributed by atoms with Crippen molar-refractivity contribution in [3.63, 3.8) is 0 Å². The molecule has 0 spiro atoms. The second-order valence-corrected chi connectivity index (χ2v) is 1.84. The average molecular weight is 173 g/mol. The molecule has 0 saturated heterocycles. The number of nitrogens with two attached hydrogens (primary N) is 1. The van der Waals surface area contributed by atoms with Crippen molar-refractivity contribution in [2.45, 2.75) is 0 Å². The second-order valence-electron chi connectivity index (χ2n) is 1.84. The summed E-state index contributed by atoms with van der Waals surface area (Å²) in [4.78, 5) is 11.8. The molecule has 0 amide bonds. The van der Waals surface area contributed by atoms with Crippen LogP contribution in [0.5, 0.6) is 0 Å². The summed E-state index contributed by atoms with van der Waals surface area (Å²) < 4.78 is 0. The summed E-state index contributed by atoms with van der Waals surface area (Å²) in [5.74, 6) is 1.78. The van der Waals surface area contributed by atoms with E-state index in [9.17, 15) is 4.79 Å². The predicted molar refractivity (Wildman–Crippen MR) is 45.6 cm³/mol. The highest BCUT2D eigenvalue weighted by molar-refractivity contribution is 5.85. The van der Waals surface area contributed by atoms with Gasteiger partial charge in [-0.3, -0.25) is 0 Å². The monoisotopic (exact) mass is 172 g/mol. The maximum absolute atomic E-state index is 10.2. The Morgan fingerprint density at radius 3 is 2.73 bits per heavy atom. The van der Waals surface area contributed by atoms with Gasteiger partial charge in [0.05, 0.1) is 6.67 Å². The van der Waals surface area contributed by atoms with Crippen LogP contribution in [0, 0.1) is 0 Å². The lowest BCUT2D eigenvalue weighted by Gasteiger charge is -2.17. The van der Waals surface area contributed by atoms with Crippen LogP contribution in [0.25, 0.3) is 0 Å². The number of hydrogen-bond acceptors (Lipinski definition) is 3. The minimum Gasteiger partial charge on any atom is -0.326 e. The minimum absolute atomic E-state index is 0. The van der Waals surface area contributed by atoms with Gasteiger partial charge in [0, 0.05) is 6.20 Å². The van der Waals surface area contributed by atoms with Gasteiger partial charge in [-0.1, -0.05) is 6.08 Å². The van der Waals surface area contributed by atoms with E-state index in [4.69, 9.17) is 5.73 Å². The van der Waals surface area contributed by atoms with Gasteiger partial charge in [-0.15, -0.1) is 12.4 Å². The largest absolute Gasteiger partial charge is 0.326 e. The molecule has 0 unspecified atom stereocenters. The molecule has 1 heterocycles. The fourth-order valence-corrected chi connectivity index (χ4v) is 0.728. The first-order chi connectivity index (χ1) is 4.88. The first kappa shape index (κ1) is 9.98. The maximum Gasteiger partial charge on any atom is 0.150 e. The van der Waals surface area contributed by atoms with Crippen molar-refractivity contribution < 1.29 is 4.79 Å². The van der Waals surface area contributed by atoms with E-state index in [0.29, 0.717) is 12.4 Å². The number of carbonyl (C=O) groups excluding carboxylic acids is 1. The molecule has 0 atom stereocenters. The van der Waals surface area contributed by atoms with E-state index in [1.807, 2.05) is 6.08 Å². The zero-order valence-corrected chi connectivity index (χ0v) is 6.67. The first-order valence-corrected chi connectivity index (χ1v) is 2.95. The summed E-state index contributed by atoms with van der Waals surface area (Å²) in [5, 5.41) is 0. The highest BCUT2D eigenvalue weighted by atomic mass is 35.5. The van der Waals surface area contributed by atoms with Gasteiger partial charge in [0.2, 0.25) is 0 Å². The van der Waals surface area contributed by atoms with Crippen LogP contribution in [-0.2, 0) is 4.79 Å². The third-order valence-corrected chi connectivity index (χ3v) is 1.24. The lowest BCUT2D eigenvalue weighted by Crippen LogP contribution is -2.24. The molecule has 0 saturated carbocycles. The number of hydrogen-bond donors (Lipinski definition) is 1. The fourth-order valence-electron chi connectivity index (χ4n) is 0.728. The SMILES string of the molecule is Cl.NCN1C=CC=CC1=C=O. The maximum atomic E-state index is 10.2. The van der Waals surface area contributed by atoms with Gasteiger partial charge in [0.25, 0.3) is 0 Å². The van der Waals surface area contributed by atoms with E-state index < -0.39 is 0 Å². The molecule has 4 heteroatoms. The molecular formula is C7H9ClN2O. The van der Waals surface area contributed by atoms with E-state index in [2.05, 4.69) is 0 Å².